The fourth-order valence-electron chi connectivity index (χ4n) is 1.25. The molecular weight excluding hydrogens is 238 g/mol. The number of aromatic nitrogens is 2. The maximum absolute atomic E-state index is 12.8. The van der Waals surface area contributed by atoms with Crippen molar-refractivity contribution in [3.8, 4) is 11.4 Å². The summed E-state index contributed by atoms with van der Waals surface area (Å²) in [5.41, 5.74) is 1.46. The minimum absolute atomic E-state index is 0.325. The Balaban J connectivity index is 2.44. The van der Waals surface area contributed by atoms with E-state index in [9.17, 15) is 4.39 Å². The lowest BCUT2D eigenvalue weighted by molar-refractivity contribution is 0.628. The minimum Gasteiger partial charge on any atom is -0.341 e. The van der Waals surface area contributed by atoms with E-state index in [1.165, 1.54) is 12.1 Å². The van der Waals surface area contributed by atoms with Crippen molar-refractivity contribution in [1.29, 1.82) is 0 Å². The van der Waals surface area contributed by atoms with Crippen molar-refractivity contribution < 1.29 is 4.39 Å². The SMILES string of the molecule is Fc1ccc(-c2ncc(CCl)[nH]2)c(Cl)c1. The van der Waals surface area contributed by atoms with E-state index in [2.05, 4.69) is 9.97 Å². The van der Waals surface area contributed by atoms with Gasteiger partial charge in [0.2, 0.25) is 0 Å². The van der Waals surface area contributed by atoms with Gasteiger partial charge in [0.1, 0.15) is 11.6 Å². The summed E-state index contributed by atoms with van der Waals surface area (Å²) in [5, 5.41) is 0.325. The molecule has 78 valence electrons. The maximum atomic E-state index is 12.8. The highest BCUT2D eigenvalue weighted by molar-refractivity contribution is 6.33. The summed E-state index contributed by atoms with van der Waals surface area (Å²) in [6, 6.07) is 4.17. The molecule has 0 aliphatic rings. The van der Waals surface area contributed by atoms with Gasteiger partial charge in [0.15, 0.2) is 0 Å². The topological polar surface area (TPSA) is 28.7 Å². The Hall–Kier alpha value is -1.06. The highest BCUT2D eigenvalue weighted by atomic mass is 35.5. The number of H-pyrrole nitrogens is 1. The van der Waals surface area contributed by atoms with Gasteiger partial charge < -0.3 is 4.98 Å². The molecule has 2 aromatic rings. The van der Waals surface area contributed by atoms with Crippen LogP contribution < -0.4 is 0 Å². The number of hydrogen-bond donors (Lipinski definition) is 1. The molecule has 0 aliphatic carbocycles. The van der Waals surface area contributed by atoms with Gasteiger partial charge >= 0.3 is 0 Å². The average Bonchev–Trinajstić information content (AvgIpc) is 2.66. The van der Waals surface area contributed by atoms with Crippen molar-refractivity contribution in [2.24, 2.45) is 0 Å². The first-order valence-corrected chi connectivity index (χ1v) is 5.17. The second-order valence-corrected chi connectivity index (χ2v) is 3.69. The molecule has 15 heavy (non-hydrogen) atoms. The van der Waals surface area contributed by atoms with Crippen LogP contribution in [0.4, 0.5) is 4.39 Å². The van der Waals surface area contributed by atoms with Crippen LogP contribution >= 0.6 is 23.2 Å². The van der Waals surface area contributed by atoms with Crippen LogP contribution in [0.15, 0.2) is 24.4 Å². The highest BCUT2D eigenvalue weighted by Gasteiger charge is 2.08. The van der Waals surface area contributed by atoms with E-state index in [0.717, 1.165) is 5.69 Å². The molecule has 0 spiro atoms. The van der Waals surface area contributed by atoms with E-state index in [1.807, 2.05) is 0 Å². The number of benzene rings is 1. The number of aromatic amines is 1. The number of alkyl halides is 1. The van der Waals surface area contributed by atoms with Gasteiger partial charge in [-0.3, -0.25) is 0 Å². The molecule has 5 heteroatoms. The third-order valence-electron chi connectivity index (χ3n) is 1.96. The van der Waals surface area contributed by atoms with Gasteiger partial charge in [-0.2, -0.15) is 0 Å². The van der Waals surface area contributed by atoms with E-state index >= 15 is 0 Å². The first kappa shape index (κ1) is 10.5. The minimum atomic E-state index is -0.368. The number of hydrogen-bond acceptors (Lipinski definition) is 1. The Bertz CT molecular complexity index is 482. The second-order valence-electron chi connectivity index (χ2n) is 3.01. The van der Waals surface area contributed by atoms with Crippen molar-refractivity contribution >= 4 is 23.2 Å². The summed E-state index contributed by atoms with van der Waals surface area (Å²) >= 11 is 11.5. The standard InChI is InChI=1S/C10H7Cl2FN2/c11-4-7-5-14-10(15-7)8-2-1-6(13)3-9(8)12/h1-3,5H,4H2,(H,14,15). The van der Waals surface area contributed by atoms with Crippen molar-refractivity contribution in [3.05, 3.63) is 40.9 Å². The predicted octanol–water partition coefficient (Wildman–Crippen LogP) is 3.61. The summed E-state index contributed by atoms with van der Waals surface area (Å²) in [6.45, 7) is 0. The summed E-state index contributed by atoms with van der Waals surface area (Å²) < 4.78 is 12.8. The van der Waals surface area contributed by atoms with Crippen LogP contribution in [-0.2, 0) is 5.88 Å². The molecule has 0 saturated heterocycles. The van der Waals surface area contributed by atoms with Gasteiger partial charge in [-0.05, 0) is 18.2 Å². The van der Waals surface area contributed by atoms with Gasteiger partial charge in [-0.1, -0.05) is 11.6 Å². The van der Waals surface area contributed by atoms with Gasteiger partial charge in [-0.25, -0.2) is 9.37 Å². The van der Waals surface area contributed by atoms with E-state index in [0.29, 0.717) is 22.3 Å². The number of halogens is 3. The molecule has 1 aromatic carbocycles. The van der Waals surface area contributed by atoms with Gasteiger partial charge in [0.05, 0.1) is 10.9 Å². The van der Waals surface area contributed by atoms with Crippen molar-refractivity contribution in [2.75, 3.05) is 0 Å². The molecule has 0 aliphatic heterocycles. The molecule has 2 rings (SSSR count). The summed E-state index contributed by atoms with van der Waals surface area (Å²) in [7, 11) is 0. The summed E-state index contributed by atoms with van der Waals surface area (Å²) in [5.74, 6) is 0.578. The van der Waals surface area contributed by atoms with Gasteiger partial charge in [0, 0.05) is 17.5 Å². The van der Waals surface area contributed by atoms with Crippen LogP contribution in [0, 0.1) is 5.82 Å². The molecule has 0 atom stereocenters. The molecule has 1 aromatic heterocycles. The van der Waals surface area contributed by atoms with Crippen LogP contribution in [-0.4, -0.2) is 9.97 Å². The molecule has 0 unspecified atom stereocenters. The van der Waals surface area contributed by atoms with Crippen LogP contribution in [0.5, 0.6) is 0 Å². The third kappa shape index (κ3) is 2.13. The van der Waals surface area contributed by atoms with Crippen LogP contribution in [0.1, 0.15) is 5.69 Å². The predicted molar refractivity (Wildman–Crippen MR) is 58.5 cm³/mol. The van der Waals surface area contributed by atoms with Crippen molar-refractivity contribution in [3.63, 3.8) is 0 Å². The zero-order valence-electron chi connectivity index (χ0n) is 7.60. The first-order valence-electron chi connectivity index (χ1n) is 4.26. The molecule has 0 amide bonds. The molecule has 2 nitrogen and oxygen atoms in total. The molecular formula is C10H7Cl2FN2. The second kappa shape index (κ2) is 4.21. The quantitative estimate of drug-likeness (QED) is 0.804. The Kier molecular flexibility index (Phi) is 2.93. The smallest absolute Gasteiger partial charge is 0.139 e. The Labute approximate surface area is 96.1 Å². The zero-order chi connectivity index (χ0) is 10.8. The number of nitrogens with one attached hydrogen (secondary N) is 1. The van der Waals surface area contributed by atoms with Crippen molar-refractivity contribution in [1.82, 2.24) is 9.97 Å². The van der Waals surface area contributed by atoms with Gasteiger partial charge in [-0.15, -0.1) is 11.6 Å². The monoisotopic (exact) mass is 244 g/mol. The summed E-state index contributed by atoms with van der Waals surface area (Å²) in [4.78, 5) is 7.09. The number of imidazole rings is 1. The van der Waals surface area contributed by atoms with Crippen LogP contribution in [0.3, 0.4) is 0 Å². The zero-order valence-corrected chi connectivity index (χ0v) is 9.11. The normalized spacial score (nSPS) is 10.6. The Morgan fingerprint density at radius 2 is 2.20 bits per heavy atom. The van der Waals surface area contributed by atoms with E-state index in [4.69, 9.17) is 23.2 Å². The molecule has 0 radical (unpaired) electrons. The lowest BCUT2D eigenvalue weighted by Crippen LogP contribution is -1.84. The lowest BCUT2D eigenvalue weighted by Gasteiger charge is -2.00. The lowest BCUT2D eigenvalue weighted by atomic mass is 10.2. The number of nitrogens with zero attached hydrogens (tertiary/aromatic N) is 1. The highest BCUT2D eigenvalue weighted by Crippen LogP contribution is 2.26. The average molecular weight is 245 g/mol. The summed E-state index contributed by atoms with van der Waals surface area (Å²) in [6.07, 6.45) is 1.63. The Morgan fingerprint density at radius 1 is 1.40 bits per heavy atom. The molecule has 0 bridgehead atoms. The maximum Gasteiger partial charge on any atom is 0.139 e. The largest absolute Gasteiger partial charge is 0.341 e. The fraction of sp³-hybridized carbons (Fsp3) is 0.100. The first-order chi connectivity index (χ1) is 7.20. The van der Waals surface area contributed by atoms with Crippen LogP contribution in [0.25, 0.3) is 11.4 Å². The van der Waals surface area contributed by atoms with Crippen LogP contribution in [0.2, 0.25) is 5.02 Å². The molecule has 1 heterocycles. The fourth-order valence-corrected chi connectivity index (χ4v) is 1.64. The number of rotatable bonds is 2. The Morgan fingerprint density at radius 3 is 2.80 bits per heavy atom. The van der Waals surface area contributed by atoms with E-state index < -0.39 is 0 Å². The molecule has 1 N–H and O–H groups in total. The van der Waals surface area contributed by atoms with Gasteiger partial charge in [0.25, 0.3) is 0 Å². The molecule has 0 saturated carbocycles. The van der Waals surface area contributed by atoms with E-state index in [1.54, 1.807) is 12.3 Å². The molecule has 0 fully saturated rings. The van der Waals surface area contributed by atoms with Crippen molar-refractivity contribution in [2.45, 2.75) is 5.88 Å². The third-order valence-corrected chi connectivity index (χ3v) is 2.56. The van der Waals surface area contributed by atoms with E-state index in [-0.39, 0.29) is 5.82 Å².